The van der Waals surface area contributed by atoms with Crippen molar-refractivity contribution >= 4 is 0 Å². The number of ether oxygens (including phenoxy) is 1. The Balaban J connectivity index is 1.65. The van der Waals surface area contributed by atoms with Crippen LogP contribution in [0.5, 0.6) is 0 Å². The normalized spacial score (nSPS) is 24.1. The SMILES string of the molecule is CCCNC1CCC(OCc2ccccc2)CC1. The summed E-state index contributed by atoms with van der Waals surface area (Å²) in [6.45, 7) is 4.14. The van der Waals surface area contributed by atoms with Gasteiger partial charge in [0.15, 0.2) is 0 Å². The summed E-state index contributed by atoms with van der Waals surface area (Å²) in [7, 11) is 0. The van der Waals surface area contributed by atoms with Crippen LogP contribution in [0.3, 0.4) is 0 Å². The van der Waals surface area contributed by atoms with E-state index in [-0.39, 0.29) is 0 Å². The largest absolute Gasteiger partial charge is 0.374 e. The maximum Gasteiger partial charge on any atom is 0.0720 e. The highest BCUT2D eigenvalue weighted by molar-refractivity contribution is 5.13. The Morgan fingerprint density at radius 3 is 2.50 bits per heavy atom. The van der Waals surface area contributed by atoms with Gasteiger partial charge in [0.1, 0.15) is 0 Å². The smallest absolute Gasteiger partial charge is 0.0720 e. The summed E-state index contributed by atoms with van der Waals surface area (Å²) < 4.78 is 5.99. The van der Waals surface area contributed by atoms with E-state index in [1.54, 1.807) is 0 Å². The zero-order valence-electron chi connectivity index (χ0n) is 11.4. The third kappa shape index (κ3) is 4.43. The van der Waals surface area contributed by atoms with E-state index < -0.39 is 0 Å². The van der Waals surface area contributed by atoms with Gasteiger partial charge in [0.2, 0.25) is 0 Å². The third-order valence-corrected chi connectivity index (χ3v) is 3.69. The molecule has 0 aromatic heterocycles. The second kappa shape index (κ2) is 7.55. The summed E-state index contributed by atoms with van der Waals surface area (Å²) in [5.74, 6) is 0. The average Bonchev–Trinajstić information content (AvgIpc) is 2.45. The molecule has 1 fully saturated rings. The lowest BCUT2D eigenvalue weighted by Crippen LogP contribution is -2.35. The first-order valence-electron chi connectivity index (χ1n) is 7.27. The second-order valence-corrected chi connectivity index (χ2v) is 5.22. The van der Waals surface area contributed by atoms with Gasteiger partial charge in [-0.25, -0.2) is 0 Å². The monoisotopic (exact) mass is 247 g/mol. The molecule has 1 aromatic carbocycles. The van der Waals surface area contributed by atoms with Crippen LogP contribution in [0.15, 0.2) is 30.3 Å². The minimum Gasteiger partial charge on any atom is -0.374 e. The van der Waals surface area contributed by atoms with Crippen LogP contribution < -0.4 is 5.32 Å². The Bertz CT molecular complexity index is 317. The summed E-state index contributed by atoms with van der Waals surface area (Å²) in [5, 5.41) is 3.61. The molecule has 1 N–H and O–H groups in total. The highest BCUT2D eigenvalue weighted by atomic mass is 16.5. The van der Waals surface area contributed by atoms with Gasteiger partial charge in [0, 0.05) is 6.04 Å². The predicted molar refractivity (Wildman–Crippen MR) is 75.6 cm³/mol. The Morgan fingerprint density at radius 2 is 1.83 bits per heavy atom. The van der Waals surface area contributed by atoms with Gasteiger partial charge in [0.05, 0.1) is 12.7 Å². The van der Waals surface area contributed by atoms with Gasteiger partial charge >= 0.3 is 0 Å². The van der Waals surface area contributed by atoms with Crippen molar-refractivity contribution in [2.45, 2.75) is 57.8 Å². The van der Waals surface area contributed by atoms with Gasteiger partial charge in [-0.05, 0) is 44.2 Å². The Kier molecular flexibility index (Phi) is 5.69. The zero-order chi connectivity index (χ0) is 12.6. The van der Waals surface area contributed by atoms with Crippen LogP contribution in [0.25, 0.3) is 0 Å². The minimum atomic E-state index is 0.463. The van der Waals surface area contributed by atoms with Crippen molar-refractivity contribution in [3.63, 3.8) is 0 Å². The molecule has 1 saturated carbocycles. The summed E-state index contributed by atoms with van der Waals surface area (Å²) in [4.78, 5) is 0. The summed E-state index contributed by atoms with van der Waals surface area (Å²) in [5.41, 5.74) is 1.28. The molecule has 1 aliphatic carbocycles. The van der Waals surface area contributed by atoms with Crippen LogP contribution in [-0.2, 0) is 11.3 Å². The molecule has 0 heterocycles. The summed E-state index contributed by atoms with van der Waals surface area (Å²) in [6, 6.07) is 11.2. The predicted octanol–water partition coefficient (Wildman–Crippen LogP) is 3.51. The van der Waals surface area contributed by atoms with Crippen molar-refractivity contribution < 1.29 is 4.74 Å². The van der Waals surface area contributed by atoms with E-state index in [4.69, 9.17) is 4.74 Å². The van der Waals surface area contributed by atoms with E-state index in [1.807, 2.05) is 6.07 Å². The molecule has 1 aromatic rings. The molecular weight excluding hydrogens is 222 g/mol. The molecule has 2 rings (SSSR count). The van der Waals surface area contributed by atoms with Gasteiger partial charge in [-0.1, -0.05) is 37.3 Å². The van der Waals surface area contributed by atoms with E-state index in [9.17, 15) is 0 Å². The highest BCUT2D eigenvalue weighted by Gasteiger charge is 2.20. The van der Waals surface area contributed by atoms with E-state index in [2.05, 4.69) is 36.5 Å². The van der Waals surface area contributed by atoms with Gasteiger partial charge in [0.25, 0.3) is 0 Å². The molecule has 18 heavy (non-hydrogen) atoms. The fourth-order valence-electron chi connectivity index (χ4n) is 2.57. The van der Waals surface area contributed by atoms with E-state index >= 15 is 0 Å². The van der Waals surface area contributed by atoms with Crippen molar-refractivity contribution in [3.05, 3.63) is 35.9 Å². The summed E-state index contributed by atoms with van der Waals surface area (Å²) in [6.07, 6.45) is 6.62. The molecule has 0 bridgehead atoms. The molecule has 0 aliphatic heterocycles. The molecule has 0 saturated heterocycles. The molecule has 1 aliphatic rings. The lowest BCUT2D eigenvalue weighted by Gasteiger charge is -2.29. The minimum absolute atomic E-state index is 0.463. The van der Waals surface area contributed by atoms with Crippen LogP contribution in [-0.4, -0.2) is 18.7 Å². The molecule has 100 valence electrons. The molecule has 0 amide bonds. The maximum atomic E-state index is 5.99. The lowest BCUT2D eigenvalue weighted by molar-refractivity contribution is 0.0114. The van der Waals surface area contributed by atoms with E-state index in [0.717, 1.165) is 19.2 Å². The van der Waals surface area contributed by atoms with Crippen LogP contribution >= 0.6 is 0 Å². The molecule has 0 atom stereocenters. The van der Waals surface area contributed by atoms with Crippen molar-refractivity contribution in [2.24, 2.45) is 0 Å². The van der Waals surface area contributed by atoms with Gasteiger partial charge in [-0.2, -0.15) is 0 Å². The first kappa shape index (κ1) is 13.6. The maximum absolute atomic E-state index is 5.99. The van der Waals surface area contributed by atoms with Gasteiger partial charge in [-0.3, -0.25) is 0 Å². The highest BCUT2D eigenvalue weighted by Crippen LogP contribution is 2.22. The standard InChI is InChI=1S/C16H25NO/c1-2-12-17-15-8-10-16(11-9-15)18-13-14-6-4-3-5-7-14/h3-7,15-17H,2,8-13H2,1H3. The van der Waals surface area contributed by atoms with Crippen molar-refractivity contribution in [1.29, 1.82) is 0 Å². The molecule has 2 heteroatoms. The first-order chi connectivity index (χ1) is 8.88. The average molecular weight is 247 g/mol. The van der Waals surface area contributed by atoms with Crippen molar-refractivity contribution in [2.75, 3.05) is 6.54 Å². The fourth-order valence-corrected chi connectivity index (χ4v) is 2.57. The third-order valence-electron chi connectivity index (χ3n) is 3.69. The van der Waals surface area contributed by atoms with E-state index in [0.29, 0.717) is 6.10 Å². The second-order valence-electron chi connectivity index (χ2n) is 5.22. The van der Waals surface area contributed by atoms with Crippen molar-refractivity contribution in [3.8, 4) is 0 Å². The quantitative estimate of drug-likeness (QED) is 0.830. The number of hydrogen-bond acceptors (Lipinski definition) is 2. The Hall–Kier alpha value is -0.860. The Labute approximate surface area is 111 Å². The summed E-state index contributed by atoms with van der Waals surface area (Å²) >= 11 is 0. The van der Waals surface area contributed by atoms with Crippen LogP contribution in [0.2, 0.25) is 0 Å². The molecule has 0 unspecified atom stereocenters. The van der Waals surface area contributed by atoms with E-state index in [1.165, 1.54) is 37.7 Å². The number of rotatable bonds is 6. The van der Waals surface area contributed by atoms with Crippen LogP contribution in [0.1, 0.15) is 44.6 Å². The zero-order valence-corrected chi connectivity index (χ0v) is 11.4. The topological polar surface area (TPSA) is 21.3 Å². The fraction of sp³-hybridized carbons (Fsp3) is 0.625. The van der Waals surface area contributed by atoms with Gasteiger partial charge < -0.3 is 10.1 Å². The molecular formula is C16H25NO. The van der Waals surface area contributed by atoms with Crippen LogP contribution in [0.4, 0.5) is 0 Å². The number of hydrogen-bond donors (Lipinski definition) is 1. The lowest BCUT2D eigenvalue weighted by atomic mass is 9.93. The molecule has 2 nitrogen and oxygen atoms in total. The first-order valence-corrected chi connectivity index (χ1v) is 7.27. The van der Waals surface area contributed by atoms with Crippen LogP contribution in [0, 0.1) is 0 Å². The molecule has 0 spiro atoms. The van der Waals surface area contributed by atoms with Crippen molar-refractivity contribution in [1.82, 2.24) is 5.32 Å². The molecule has 0 radical (unpaired) electrons. The number of nitrogens with one attached hydrogen (secondary N) is 1. The number of benzene rings is 1. The Morgan fingerprint density at radius 1 is 1.11 bits per heavy atom. The van der Waals surface area contributed by atoms with Gasteiger partial charge in [-0.15, -0.1) is 0 Å².